The standard InChI is InChI=1S/C18H25F3N2O3/c1-4-5-12(2)14-10-13(3)15(17(25)26-14)16(24)23-8-6-22(7-9-23)11-18(19,20)21/h10,12H,4-9,11H2,1-3H3. The summed E-state index contributed by atoms with van der Waals surface area (Å²) < 4.78 is 42.7. The molecule has 2 rings (SSSR count). The maximum absolute atomic E-state index is 12.7. The topological polar surface area (TPSA) is 53.8 Å². The van der Waals surface area contributed by atoms with Gasteiger partial charge in [-0.3, -0.25) is 9.69 Å². The molecule has 1 unspecified atom stereocenters. The van der Waals surface area contributed by atoms with Gasteiger partial charge >= 0.3 is 11.8 Å². The highest BCUT2D eigenvalue weighted by Crippen LogP contribution is 2.22. The van der Waals surface area contributed by atoms with Crippen LogP contribution in [-0.4, -0.2) is 54.6 Å². The first kappa shape index (κ1) is 20.5. The molecule has 1 amide bonds. The molecule has 1 aliphatic heterocycles. The van der Waals surface area contributed by atoms with Gasteiger partial charge in [-0.25, -0.2) is 4.79 Å². The average molecular weight is 374 g/mol. The number of piperazine rings is 1. The minimum Gasteiger partial charge on any atom is -0.427 e. The van der Waals surface area contributed by atoms with Crippen molar-refractivity contribution in [2.75, 3.05) is 32.7 Å². The van der Waals surface area contributed by atoms with Gasteiger partial charge in [0.15, 0.2) is 0 Å². The van der Waals surface area contributed by atoms with Crippen LogP contribution in [-0.2, 0) is 0 Å². The summed E-state index contributed by atoms with van der Waals surface area (Å²) in [6, 6.07) is 1.72. The normalized spacial score (nSPS) is 17.4. The van der Waals surface area contributed by atoms with Crippen LogP contribution >= 0.6 is 0 Å². The first-order valence-electron chi connectivity index (χ1n) is 8.85. The fraction of sp³-hybridized carbons (Fsp3) is 0.667. The number of carbonyl (C=O) groups is 1. The molecule has 0 bridgehead atoms. The quantitative estimate of drug-likeness (QED) is 0.794. The summed E-state index contributed by atoms with van der Waals surface area (Å²) in [4.78, 5) is 27.7. The lowest BCUT2D eigenvalue weighted by Gasteiger charge is -2.35. The van der Waals surface area contributed by atoms with Gasteiger partial charge in [-0.05, 0) is 25.0 Å². The van der Waals surface area contributed by atoms with E-state index >= 15 is 0 Å². The smallest absolute Gasteiger partial charge is 0.401 e. The molecule has 5 nitrogen and oxygen atoms in total. The van der Waals surface area contributed by atoms with E-state index in [0.29, 0.717) is 11.3 Å². The van der Waals surface area contributed by atoms with Crippen LogP contribution in [0.5, 0.6) is 0 Å². The van der Waals surface area contributed by atoms with Gasteiger partial charge in [-0.15, -0.1) is 0 Å². The lowest BCUT2D eigenvalue weighted by molar-refractivity contribution is -0.148. The predicted octanol–water partition coefficient (Wildman–Crippen LogP) is 3.17. The van der Waals surface area contributed by atoms with E-state index in [2.05, 4.69) is 0 Å². The summed E-state index contributed by atoms with van der Waals surface area (Å²) in [5.74, 6) is 0.167. The van der Waals surface area contributed by atoms with Crippen LogP contribution in [0.4, 0.5) is 13.2 Å². The van der Waals surface area contributed by atoms with Gasteiger partial charge in [0.05, 0.1) is 6.54 Å². The molecule has 2 heterocycles. The Hall–Kier alpha value is -1.83. The highest BCUT2D eigenvalue weighted by Gasteiger charge is 2.33. The molecule has 0 radical (unpaired) electrons. The van der Waals surface area contributed by atoms with Gasteiger partial charge in [-0.2, -0.15) is 13.2 Å². The SMILES string of the molecule is CCCC(C)c1cc(C)c(C(=O)N2CCN(CC(F)(F)F)CC2)c(=O)o1. The molecular formula is C18H25F3N2O3. The van der Waals surface area contributed by atoms with Gasteiger partial charge in [0.1, 0.15) is 11.3 Å². The van der Waals surface area contributed by atoms with E-state index in [4.69, 9.17) is 4.42 Å². The van der Waals surface area contributed by atoms with Gasteiger partial charge in [0.2, 0.25) is 0 Å². The van der Waals surface area contributed by atoms with Gasteiger partial charge in [-0.1, -0.05) is 20.3 Å². The zero-order valence-corrected chi connectivity index (χ0v) is 15.4. The second-order valence-electron chi connectivity index (χ2n) is 6.87. The number of carbonyl (C=O) groups excluding carboxylic acids is 1. The molecule has 1 atom stereocenters. The van der Waals surface area contributed by atoms with Gasteiger partial charge in [0.25, 0.3) is 5.91 Å². The summed E-state index contributed by atoms with van der Waals surface area (Å²) in [6.07, 6.45) is -2.43. The predicted molar refractivity (Wildman–Crippen MR) is 91.4 cm³/mol. The average Bonchev–Trinajstić information content (AvgIpc) is 2.53. The molecular weight excluding hydrogens is 349 g/mol. The number of hydrogen-bond acceptors (Lipinski definition) is 4. The monoisotopic (exact) mass is 374 g/mol. The Morgan fingerprint density at radius 1 is 1.27 bits per heavy atom. The Morgan fingerprint density at radius 2 is 1.88 bits per heavy atom. The van der Waals surface area contributed by atoms with E-state index in [1.54, 1.807) is 13.0 Å². The number of aryl methyl sites for hydroxylation is 1. The number of alkyl halides is 3. The third-order valence-electron chi connectivity index (χ3n) is 4.65. The zero-order chi connectivity index (χ0) is 19.5. The Labute approximate surface area is 150 Å². The molecule has 1 aromatic heterocycles. The van der Waals surface area contributed by atoms with E-state index in [0.717, 1.165) is 12.8 Å². The summed E-state index contributed by atoms with van der Waals surface area (Å²) >= 11 is 0. The maximum Gasteiger partial charge on any atom is 0.401 e. The van der Waals surface area contributed by atoms with Crippen LogP contribution in [0.15, 0.2) is 15.3 Å². The van der Waals surface area contributed by atoms with Crippen molar-refractivity contribution in [3.05, 3.63) is 33.4 Å². The highest BCUT2D eigenvalue weighted by atomic mass is 19.4. The molecule has 1 saturated heterocycles. The Morgan fingerprint density at radius 3 is 2.38 bits per heavy atom. The van der Waals surface area contributed by atoms with Crippen molar-refractivity contribution >= 4 is 5.91 Å². The van der Waals surface area contributed by atoms with E-state index in [-0.39, 0.29) is 37.7 Å². The number of nitrogens with zero attached hydrogens (tertiary/aromatic N) is 2. The number of halogens is 3. The second-order valence-corrected chi connectivity index (χ2v) is 6.87. The third-order valence-corrected chi connectivity index (χ3v) is 4.65. The second kappa shape index (κ2) is 8.24. The van der Waals surface area contributed by atoms with E-state index in [1.165, 1.54) is 9.80 Å². The van der Waals surface area contributed by atoms with Crippen LogP contribution in [0, 0.1) is 6.92 Å². The van der Waals surface area contributed by atoms with Crippen LogP contribution < -0.4 is 5.63 Å². The molecule has 0 saturated carbocycles. The molecule has 1 fully saturated rings. The molecule has 146 valence electrons. The molecule has 1 aromatic rings. The van der Waals surface area contributed by atoms with Crippen molar-refractivity contribution in [2.45, 2.75) is 45.7 Å². The summed E-state index contributed by atoms with van der Waals surface area (Å²) in [6.45, 7) is 5.26. The largest absolute Gasteiger partial charge is 0.427 e. The first-order chi connectivity index (χ1) is 12.1. The van der Waals surface area contributed by atoms with Crippen LogP contribution in [0.1, 0.15) is 54.3 Å². The molecule has 0 aliphatic carbocycles. The molecule has 8 heteroatoms. The van der Waals surface area contributed by atoms with E-state index < -0.39 is 24.3 Å². The van der Waals surface area contributed by atoms with E-state index in [9.17, 15) is 22.8 Å². The summed E-state index contributed by atoms with van der Waals surface area (Å²) in [5.41, 5.74) is -0.158. The van der Waals surface area contributed by atoms with Gasteiger partial charge < -0.3 is 9.32 Å². The molecule has 0 aromatic carbocycles. The number of rotatable bonds is 5. The number of hydrogen-bond donors (Lipinski definition) is 0. The van der Waals surface area contributed by atoms with E-state index in [1.807, 2.05) is 13.8 Å². The molecule has 0 spiro atoms. The fourth-order valence-electron chi connectivity index (χ4n) is 3.23. The first-order valence-corrected chi connectivity index (χ1v) is 8.85. The molecule has 0 N–H and O–H groups in total. The Bertz CT molecular complexity index is 692. The van der Waals surface area contributed by atoms with Gasteiger partial charge in [0, 0.05) is 32.1 Å². The lowest BCUT2D eigenvalue weighted by atomic mass is 10.00. The Kier molecular flexibility index (Phi) is 6.49. The van der Waals surface area contributed by atoms with Crippen molar-refractivity contribution in [3.8, 4) is 0 Å². The van der Waals surface area contributed by atoms with Crippen LogP contribution in [0.3, 0.4) is 0 Å². The summed E-state index contributed by atoms with van der Waals surface area (Å²) in [7, 11) is 0. The van der Waals surface area contributed by atoms with Crippen LogP contribution in [0.25, 0.3) is 0 Å². The van der Waals surface area contributed by atoms with Crippen molar-refractivity contribution in [1.29, 1.82) is 0 Å². The van der Waals surface area contributed by atoms with Crippen molar-refractivity contribution in [1.82, 2.24) is 9.80 Å². The molecule has 1 aliphatic rings. The van der Waals surface area contributed by atoms with Crippen molar-refractivity contribution in [2.24, 2.45) is 0 Å². The third kappa shape index (κ3) is 5.09. The number of amides is 1. The summed E-state index contributed by atoms with van der Waals surface area (Å²) in [5, 5.41) is 0. The van der Waals surface area contributed by atoms with Crippen LogP contribution in [0.2, 0.25) is 0 Å². The zero-order valence-electron chi connectivity index (χ0n) is 15.4. The Balaban J connectivity index is 2.10. The van der Waals surface area contributed by atoms with Crippen molar-refractivity contribution < 1.29 is 22.4 Å². The highest BCUT2D eigenvalue weighted by molar-refractivity contribution is 5.95. The molecule has 26 heavy (non-hydrogen) atoms. The fourth-order valence-corrected chi connectivity index (χ4v) is 3.23. The minimum atomic E-state index is -4.26. The maximum atomic E-state index is 12.7. The minimum absolute atomic E-state index is 0.0262. The lowest BCUT2D eigenvalue weighted by Crippen LogP contribution is -2.51. The van der Waals surface area contributed by atoms with Crippen molar-refractivity contribution in [3.63, 3.8) is 0 Å².